The SMILES string of the molecule is CC(=O)C1CCCCN1CCC(C)O. The third-order valence-corrected chi connectivity index (χ3v) is 2.92. The number of hydrogen-bond donors (Lipinski definition) is 1. The number of hydrogen-bond acceptors (Lipinski definition) is 3. The van der Waals surface area contributed by atoms with Crippen molar-refractivity contribution in [1.82, 2.24) is 4.90 Å². The van der Waals surface area contributed by atoms with Crippen molar-refractivity contribution in [2.45, 2.75) is 51.7 Å². The Morgan fingerprint density at radius 2 is 2.29 bits per heavy atom. The minimum atomic E-state index is -0.260. The Hall–Kier alpha value is -0.410. The highest BCUT2D eigenvalue weighted by Crippen LogP contribution is 2.18. The molecule has 0 aromatic heterocycles. The maximum atomic E-state index is 11.3. The Morgan fingerprint density at radius 1 is 1.57 bits per heavy atom. The second-order valence-corrected chi connectivity index (χ2v) is 4.30. The van der Waals surface area contributed by atoms with Crippen LogP contribution in [0.15, 0.2) is 0 Å². The average Bonchev–Trinajstić information content (AvgIpc) is 2.15. The minimum Gasteiger partial charge on any atom is -0.393 e. The van der Waals surface area contributed by atoms with Gasteiger partial charge in [-0.3, -0.25) is 9.69 Å². The fourth-order valence-electron chi connectivity index (χ4n) is 2.07. The van der Waals surface area contributed by atoms with E-state index >= 15 is 0 Å². The topological polar surface area (TPSA) is 40.5 Å². The fourth-order valence-corrected chi connectivity index (χ4v) is 2.07. The standard InChI is InChI=1S/C11H21NO2/c1-9(13)6-8-12-7-4-3-5-11(12)10(2)14/h9,11,13H,3-8H2,1-2H3. The van der Waals surface area contributed by atoms with E-state index in [4.69, 9.17) is 0 Å². The number of Topliss-reactive ketones (excluding diaryl/α,β-unsaturated/α-hetero) is 1. The quantitative estimate of drug-likeness (QED) is 0.739. The van der Waals surface area contributed by atoms with Crippen molar-refractivity contribution >= 4 is 5.78 Å². The molecule has 1 heterocycles. The molecule has 0 aliphatic carbocycles. The molecule has 0 bridgehead atoms. The lowest BCUT2D eigenvalue weighted by molar-refractivity contribution is -0.123. The van der Waals surface area contributed by atoms with E-state index in [9.17, 15) is 9.90 Å². The maximum Gasteiger partial charge on any atom is 0.146 e. The molecule has 1 saturated heterocycles. The number of nitrogens with zero attached hydrogens (tertiary/aromatic N) is 1. The average molecular weight is 199 g/mol. The molecule has 0 spiro atoms. The van der Waals surface area contributed by atoms with Crippen molar-refractivity contribution in [1.29, 1.82) is 0 Å². The van der Waals surface area contributed by atoms with Crippen molar-refractivity contribution in [3.05, 3.63) is 0 Å². The van der Waals surface area contributed by atoms with Crippen LogP contribution in [0.3, 0.4) is 0 Å². The van der Waals surface area contributed by atoms with Crippen molar-refractivity contribution < 1.29 is 9.90 Å². The van der Waals surface area contributed by atoms with Gasteiger partial charge in [0.2, 0.25) is 0 Å². The molecule has 0 amide bonds. The molecule has 0 saturated carbocycles. The van der Waals surface area contributed by atoms with E-state index in [1.165, 1.54) is 6.42 Å². The van der Waals surface area contributed by atoms with Gasteiger partial charge in [-0.15, -0.1) is 0 Å². The Labute approximate surface area is 86.1 Å². The van der Waals surface area contributed by atoms with E-state index in [0.717, 1.165) is 32.4 Å². The van der Waals surface area contributed by atoms with E-state index in [1.807, 2.05) is 0 Å². The Kier molecular flexibility index (Phi) is 4.55. The molecule has 14 heavy (non-hydrogen) atoms. The number of ketones is 1. The van der Waals surface area contributed by atoms with E-state index in [0.29, 0.717) is 0 Å². The molecule has 1 fully saturated rings. The van der Waals surface area contributed by atoms with Crippen LogP contribution in [0.4, 0.5) is 0 Å². The summed E-state index contributed by atoms with van der Waals surface area (Å²) in [7, 11) is 0. The smallest absolute Gasteiger partial charge is 0.146 e. The summed E-state index contributed by atoms with van der Waals surface area (Å²) in [6.07, 6.45) is 3.85. The largest absolute Gasteiger partial charge is 0.393 e. The lowest BCUT2D eigenvalue weighted by Gasteiger charge is -2.34. The predicted molar refractivity (Wildman–Crippen MR) is 56.2 cm³/mol. The summed E-state index contributed by atoms with van der Waals surface area (Å²) in [5.74, 6) is 0.273. The summed E-state index contributed by atoms with van der Waals surface area (Å²) in [4.78, 5) is 13.6. The van der Waals surface area contributed by atoms with E-state index < -0.39 is 0 Å². The third kappa shape index (κ3) is 3.39. The molecule has 3 nitrogen and oxygen atoms in total. The predicted octanol–water partition coefficient (Wildman–Crippen LogP) is 1.20. The van der Waals surface area contributed by atoms with Gasteiger partial charge in [-0.1, -0.05) is 6.42 Å². The molecule has 0 aromatic carbocycles. The Balaban J connectivity index is 2.42. The van der Waals surface area contributed by atoms with Gasteiger partial charge in [0.05, 0.1) is 12.1 Å². The summed E-state index contributed by atoms with van der Waals surface area (Å²) in [6, 6.07) is 0.113. The molecule has 1 N–H and O–H groups in total. The molecule has 82 valence electrons. The second-order valence-electron chi connectivity index (χ2n) is 4.30. The molecular formula is C11H21NO2. The monoisotopic (exact) mass is 199 g/mol. The molecule has 2 atom stereocenters. The number of carbonyl (C=O) groups is 1. The zero-order chi connectivity index (χ0) is 10.6. The Morgan fingerprint density at radius 3 is 2.86 bits per heavy atom. The highest BCUT2D eigenvalue weighted by atomic mass is 16.3. The minimum absolute atomic E-state index is 0.113. The number of aliphatic hydroxyl groups is 1. The second kappa shape index (κ2) is 5.47. The van der Waals surface area contributed by atoms with Gasteiger partial charge >= 0.3 is 0 Å². The highest BCUT2D eigenvalue weighted by molar-refractivity contribution is 5.81. The van der Waals surface area contributed by atoms with Crippen LogP contribution in [0.2, 0.25) is 0 Å². The first kappa shape index (κ1) is 11.7. The summed E-state index contributed by atoms with van der Waals surface area (Å²) in [6.45, 7) is 5.33. The van der Waals surface area contributed by atoms with Crippen LogP contribution in [0, 0.1) is 0 Å². The van der Waals surface area contributed by atoms with Crippen LogP contribution in [0.25, 0.3) is 0 Å². The van der Waals surface area contributed by atoms with Crippen LogP contribution in [0.1, 0.15) is 39.5 Å². The van der Waals surface area contributed by atoms with Crippen LogP contribution in [-0.2, 0) is 4.79 Å². The fraction of sp³-hybridized carbons (Fsp3) is 0.909. The van der Waals surface area contributed by atoms with Gasteiger partial charge in [-0.05, 0) is 39.7 Å². The number of piperidine rings is 1. The molecule has 1 aliphatic heterocycles. The van der Waals surface area contributed by atoms with Gasteiger partial charge in [0.1, 0.15) is 5.78 Å². The lowest BCUT2D eigenvalue weighted by atomic mass is 9.99. The van der Waals surface area contributed by atoms with Gasteiger partial charge in [-0.25, -0.2) is 0 Å². The summed E-state index contributed by atoms with van der Waals surface area (Å²) >= 11 is 0. The van der Waals surface area contributed by atoms with Gasteiger partial charge in [-0.2, -0.15) is 0 Å². The van der Waals surface area contributed by atoms with Gasteiger partial charge < -0.3 is 5.11 Å². The highest BCUT2D eigenvalue weighted by Gasteiger charge is 2.25. The first-order valence-electron chi connectivity index (χ1n) is 5.54. The molecule has 1 rings (SSSR count). The van der Waals surface area contributed by atoms with Crippen molar-refractivity contribution in [3.8, 4) is 0 Å². The molecular weight excluding hydrogens is 178 g/mol. The maximum absolute atomic E-state index is 11.3. The van der Waals surface area contributed by atoms with E-state index in [1.54, 1.807) is 13.8 Å². The normalized spacial score (nSPS) is 26.1. The molecule has 3 heteroatoms. The van der Waals surface area contributed by atoms with Crippen LogP contribution in [0.5, 0.6) is 0 Å². The van der Waals surface area contributed by atoms with Gasteiger partial charge in [0.15, 0.2) is 0 Å². The van der Waals surface area contributed by atoms with Gasteiger partial charge in [0.25, 0.3) is 0 Å². The molecule has 0 radical (unpaired) electrons. The van der Waals surface area contributed by atoms with Crippen molar-refractivity contribution in [2.75, 3.05) is 13.1 Å². The number of rotatable bonds is 4. The molecule has 0 aromatic rings. The van der Waals surface area contributed by atoms with Crippen LogP contribution < -0.4 is 0 Å². The zero-order valence-corrected chi connectivity index (χ0v) is 9.20. The molecule has 2 unspecified atom stereocenters. The third-order valence-electron chi connectivity index (χ3n) is 2.92. The van der Waals surface area contributed by atoms with Gasteiger partial charge in [0, 0.05) is 6.54 Å². The molecule has 1 aliphatic rings. The summed E-state index contributed by atoms with van der Waals surface area (Å²) in [5.41, 5.74) is 0. The number of aliphatic hydroxyl groups excluding tert-OH is 1. The zero-order valence-electron chi connectivity index (χ0n) is 9.20. The van der Waals surface area contributed by atoms with Crippen molar-refractivity contribution in [2.24, 2.45) is 0 Å². The van der Waals surface area contributed by atoms with E-state index in [-0.39, 0.29) is 17.9 Å². The first-order valence-corrected chi connectivity index (χ1v) is 5.54. The van der Waals surface area contributed by atoms with Crippen LogP contribution in [-0.4, -0.2) is 41.0 Å². The number of likely N-dealkylation sites (tertiary alicyclic amines) is 1. The van der Waals surface area contributed by atoms with Crippen LogP contribution >= 0.6 is 0 Å². The summed E-state index contributed by atoms with van der Waals surface area (Å²) < 4.78 is 0. The van der Waals surface area contributed by atoms with E-state index in [2.05, 4.69) is 4.90 Å². The van der Waals surface area contributed by atoms with Crippen molar-refractivity contribution in [3.63, 3.8) is 0 Å². The summed E-state index contributed by atoms with van der Waals surface area (Å²) in [5, 5.41) is 9.20. The Bertz CT molecular complexity index is 192. The lowest BCUT2D eigenvalue weighted by Crippen LogP contribution is -2.44. The number of carbonyl (C=O) groups excluding carboxylic acids is 1. The first-order chi connectivity index (χ1) is 6.61.